The molecular formula is C23H15N3O5S2. The molecule has 0 aliphatic carbocycles. The Bertz CT molecular complexity index is 1430. The second-order valence-corrected chi connectivity index (χ2v) is 9.45. The standard InChI is InChI=1S/C23H15N3O5S2/c1-31-16-6-2-13(3-7-16)12-32-23-24-19-9-5-14(11-20(19)33-23)25-21(27)17-8-4-15(26(29)30)10-18(17)22(25)28/h2-11H,12H2,1H3. The average Bonchev–Trinajstić information content (AvgIpc) is 3.35. The van der Waals surface area contributed by atoms with Crippen molar-refractivity contribution in [3.8, 4) is 5.75 Å². The number of methoxy groups -OCH3 is 1. The Kier molecular flexibility index (Phi) is 5.31. The number of imide groups is 1. The number of thioether (sulfide) groups is 1. The van der Waals surface area contributed by atoms with Gasteiger partial charge in [-0.15, -0.1) is 11.3 Å². The van der Waals surface area contributed by atoms with Gasteiger partial charge in [0.1, 0.15) is 5.75 Å². The molecule has 0 saturated heterocycles. The van der Waals surface area contributed by atoms with Crippen LogP contribution in [0.5, 0.6) is 5.75 Å². The highest BCUT2D eigenvalue weighted by Gasteiger charge is 2.38. The van der Waals surface area contributed by atoms with Crippen molar-refractivity contribution in [1.29, 1.82) is 0 Å². The van der Waals surface area contributed by atoms with Crippen molar-refractivity contribution in [3.63, 3.8) is 0 Å². The van der Waals surface area contributed by atoms with Gasteiger partial charge in [0.15, 0.2) is 4.34 Å². The van der Waals surface area contributed by atoms with Crippen LogP contribution < -0.4 is 9.64 Å². The molecule has 33 heavy (non-hydrogen) atoms. The number of amides is 2. The van der Waals surface area contributed by atoms with Gasteiger partial charge >= 0.3 is 0 Å². The van der Waals surface area contributed by atoms with E-state index in [2.05, 4.69) is 4.98 Å². The van der Waals surface area contributed by atoms with E-state index in [1.54, 1.807) is 37.1 Å². The Morgan fingerprint density at radius 3 is 2.52 bits per heavy atom. The molecule has 0 N–H and O–H groups in total. The van der Waals surface area contributed by atoms with Gasteiger partial charge in [0, 0.05) is 17.9 Å². The molecule has 0 radical (unpaired) electrons. The number of nitro benzene ring substituents is 1. The van der Waals surface area contributed by atoms with E-state index in [1.165, 1.54) is 23.5 Å². The van der Waals surface area contributed by atoms with Crippen LogP contribution in [0.15, 0.2) is 65.0 Å². The lowest BCUT2D eigenvalue weighted by atomic mass is 10.1. The highest BCUT2D eigenvalue weighted by molar-refractivity contribution is 8.00. The molecule has 0 saturated carbocycles. The molecule has 0 atom stereocenters. The maximum absolute atomic E-state index is 12.9. The van der Waals surface area contributed by atoms with E-state index in [1.807, 2.05) is 24.3 Å². The zero-order chi connectivity index (χ0) is 23.1. The van der Waals surface area contributed by atoms with Crippen molar-refractivity contribution in [3.05, 3.63) is 87.5 Å². The number of rotatable bonds is 6. The van der Waals surface area contributed by atoms with Gasteiger partial charge in [-0.25, -0.2) is 9.88 Å². The summed E-state index contributed by atoms with van der Waals surface area (Å²) in [6, 6.07) is 16.7. The molecule has 1 aromatic heterocycles. The van der Waals surface area contributed by atoms with E-state index in [0.29, 0.717) is 5.69 Å². The van der Waals surface area contributed by atoms with Gasteiger partial charge in [0.25, 0.3) is 17.5 Å². The second kappa shape index (κ2) is 8.30. The number of benzene rings is 3. The minimum absolute atomic E-state index is 0.0364. The lowest BCUT2D eigenvalue weighted by molar-refractivity contribution is -0.384. The summed E-state index contributed by atoms with van der Waals surface area (Å²) >= 11 is 3.08. The summed E-state index contributed by atoms with van der Waals surface area (Å²) in [5.74, 6) is 0.479. The van der Waals surface area contributed by atoms with Gasteiger partial charge in [-0.3, -0.25) is 19.7 Å². The van der Waals surface area contributed by atoms with Gasteiger partial charge in [0.2, 0.25) is 0 Å². The number of non-ortho nitro benzene ring substituents is 1. The summed E-state index contributed by atoms with van der Waals surface area (Å²) in [6.07, 6.45) is 0. The molecule has 164 valence electrons. The number of anilines is 1. The van der Waals surface area contributed by atoms with Gasteiger partial charge < -0.3 is 4.74 Å². The van der Waals surface area contributed by atoms with E-state index in [4.69, 9.17) is 4.74 Å². The Balaban J connectivity index is 1.38. The van der Waals surface area contributed by atoms with Gasteiger partial charge in [-0.1, -0.05) is 23.9 Å². The number of carbonyl (C=O) groups is 2. The lowest BCUT2D eigenvalue weighted by Gasteiger charge is -2.13. The van der Waals surface area contributed by atoms with Crippen molar-refractivity contribution < 1.29 is 19.2 Å². The molecule has 3 aromatic carbocycles. The number of carbonyl (C=O) groups excluding carboxylic acids is 2. The number of hydrogen-bond acceptors (Lipinski definition) is 8. The number of ether oxygens (including phenoxy) is 1. The van der Waals surface area contributed by atoms with Crippen LogP contribution in [-0.2, 0) is 5.75 Å². The van der Waals surface area contributed by atoms with Crippen LogP contribution in [0.1, 0.15) is 26.3 Å². The molecule has 10 heteroatoms. The van der Waals surface area contributed by atoms with Crippen LogP contribution in [0.3, 0.4) is 0 Å². The number of hydrogen-bond donors (Lipinski definition) is 0. The lowest BCUT2D eigenvalue weighted by Crippen LogP contribution is -2.29. The third-order valence-corrected chi connectivity index (χ3v) is 7.45. The predicted octanol–water partition coefficient (Wildman–Crippen LogP) is 5.31. The molecule has 0 bridgehead atoms. The highest BCUT2D eigenvalue weighted by Crippen LogP contribution is 2.36. The third kappa shape index (κ3) is 3.83. The van der Waals surface area contributed by atoms with Crippen LogP contribution in [0.2, 0.25) is 0 Å². The first-order valence-electron chi connectivity index (χ1n) is 9.78. The van der Waals surface area contributed by atoms with Crippen molar-refractivity contribution in [1.82, 2.24) is 4.98 Å². The van der Waals surface area contributed by atoms with Crippen LogP contribution in [0.25, 0.3) is 10.2 Å². The predicted molar refractivity (Wildman–Crippen MR) is 126 cm³/mol. The van der Waals surface area contributed by atoms with Crippen LogP contribution >= 0.6 is 23.1 Å². The second-order valence-electron chi connectivity index (χ2n) is 7.20. The summed E-state index contributed by atoms with van der Waals surface area (Å²) in [4.78, 5) is 41.9. The van der Waals surface area contributed by atoms with E-state index < -0.39 is 16.7 Å². The molecule has 5 rings (SSSR count). The summed E-state index contributed by atoms with van der Waals surface area (Å²) in [5, 5.41) is 11.0. The summed E-state index contributed by atoms with van der Waals surface area (Å²) in [5.41, 5.74) is 2.29. The smallest absolute Gasteiger partial charge is 0.270 e. The number of thiazole rings is 1. The first-order valence-corrected chi connectivity index (χ1v) is 11.6. The minimum Gasteiger partial charge on any atom is -0.497 e. The molecule has 4 aromatic rings. The Labute approximate surface area is 196 Å². The van der Waals surface area contributed by atoms with Crippen molar-refractivity contribution in [2.75, 3.05) is 12.0 Å². The van der Waals surface area contributed by atoms with Crippen LogP contribution in [-0.4, -0.2) is 28.8 Å². The maximum atomic E-state index is 12.9. The van der Waals surface area contributed by atoms with Crippen molar-refractivity contribution in [2.45, 2.75) is 10.1 Å². The van der Waals surface area contributed by atoms with Crippen molar-refractivity contribution in [2.24, 2.45) is 0 Å². The van der Waals surface area contributed by atoms with Crippen LogP contribution in [0, 0.1) is 10.1 Å². The molecule has 2 heterocycles. The highest BCUT2D eigenvalue weighted by atomic mass is 32.2. The molecule has 0 spiro atoms. The quantitative estimate of drug-likeness (QED) is 0.161. The fourth-order valence-electron chi connectivity index (χ4n) is 3.54. The van der Waals surface area contributed by atoms with E-state index >= 15 is 0 Å². The number of nitrogens with zero attached hydrogens (tertiary/aromatic N) is 3. The van der Waals surface area contributed by atoms with Gasteiger partial charge in [-0.05, 0) is 42.0 Å². The number of nitro groups is 1. The van der Waals surface area contributed by atoms with Gasteiger partial charge in [-0.2, -0.15) is 0 Å². The molecule has 2 amide bonds. The molecule has 8 nitrogen and oxygen atoms in total. The zero-order valence-corrected chi connectivity index (χ0v) is 18.8. The summed E-state index contributed by atoms with van der Waals surface area (Å²) in [6.45, 7) is 0. The summed E-state index contributed by atoms with van der Waals surface area (Å²) in [7, 11) is 1.63. The average molecular weight is 478 g/mol. The molecule has 0 fully saturated rings. The van der Waals surface area contributed by atoms with Gasteiger partial charge in [0.05, 0.1) is 39.1 Å². The fraction of sp³-hybridized carbons (Fsp3) is 0.0870. The maximum Gasteiger partial charge on any atom is 0.270 e. The summed E-state index contributed by atoms with van der Waals surface area (Å²) < 4.78 is 6.89. The molecular weight excluding hydrogens is 462 g/mol. The van der Waals surface area contributed by atoms with E-state index in [9.17, 15) is 19.7 Å². The minimum atomic E-state index is -0.588. The number of fused-ring (bicyclic) bond motifs is 2. The Hall–Kier alpha value is -3.76. The molecule has 1 aliphatic heterocycles. The van der Waals surface area contributed by atoms with Crippen LogP contribution in [0.4, 0.5) is 11.4 Å². The SMILES string of the molecule is COc1ccc(CSc2nc3ccc(N4C(=O)c5ccc([N+](=O)[O-])cc5C4=O)cc3s2)cc1. The normalized spacial score (nSPS) is 12.9. The largest absolute Gasteiger partial charge is 0.497 e. The van der Waals surface area contributed by atoms with E-state index in [0.717, 1.165) is 42.6 Å². The fourth-order valence-corrected chi connectivity index (χ4v) is 5.59. The first kappa shape index (κ1) is 21.1. The Morgan fingerprint density at radius 1 is 1.03 bits per heavy atom. The molecule has 1 aliphatic rings. The molecule has 0 unspecified atom stereocenters. The van der Waals surface area contributed by atoms with Crippen molar-refractivity contribution >= 4 is 56.5 Å². The van der Waals surface area contributed by atoms with E-state index in [-0.39, 0.29) is 16.8 Å². The zero-order valence-electron chi connectivity index (χ0n) is 17.2. The first-order chi connectivity index (χ1) is 15.9. The Morgan fingerprint density at radius 2 is 1.79 bits per heavy atom. The third-order valence-electron chi connectivity index (χ3n) is 5.21. The number of aromatic nitrogens is 1. The monoisotopic (exact) mass is 477 g/mol. The topological polar surface area (TPSA) is 103 Å².